The Morgan fingerprint density at radius 2 is 1.81 bits per heavy atom. The third kappa shape index (κ3) is 2.75. The van der Waals surface area contributed by atoms with Crippen LogP contribution < -0.4 is 9.47 Å². The normalized spacial score (nSPS) is 9.94. The van der Waals surface area contributed by atoms with Crippen LogP contribution in [0.5, 0.6) is 11.5 Å². The number of ether oxygens (including phenoxy) is 2. The summed E-state index contributed by atoms with van der Waals surface area (Å²) < 4.78 is 10.9. The fourth-order valence-electron chi connectivity index (χ4n) is 1.49. The Bertz CT molecular complexity index is 358. The molecule has 88 valence electrons. The molecule has 0 amide bonds. The Kier molecular flexibility index (Phi) is 4.83. The molecule has 3 heteroatoms. The molecule has 0 bridgehead atoms. The van der Waals surface area contributed by atoms with Crippen molar-refractivity contribution in [3.63, 3.8) is 0 Å². The van der Waals surface area contributed by atoms with Crippen LogP contribution >= 0.6 is 0 Å². The molecular weight excluding hydrogens is 204 g/mol. The monoisotopic (exact) mass is 222 g/mol. The molecule has 0 unspecified atom stereocenters. The van der Waals surface area contributed by atoms with Crippen molar-refractivity contribution in [1.82, 2.24) is 0 Å². The van der Waals surface area contributed by atoms with Crippen molar-refractivity contribution in [1.29, 1.82) is 0 Å². The van der Waals surface area contributed by atoms with Crippen molar-refractivity contribution in [2.75, 3.05) is 13.2 Å². The molecule has 0 spiro atoms. The average molecular weight is 222 g/mol. The Hall–Kier alpha value is -1.51. The number of para-hydroxylation sites is 1. The summed E-state index contributed by atoms with van der Waals surface area (Å²) in [6.07, 6.45) is 0.468. The third-order valence-corrected chi connectivity index (χ3v) is 2.19. The molecule has 0 aromatic heterocycles. The highest BCUT2D eigenvalue weighted by Crippen LogP contribution is 2.32. The molecule has 0 fully saturated rings. The van der Waals surface area contributed by atoms with Crippen molar-refractivity contribution >= 4 is 5.78 Å². The van der Waals surface area contributed by atoms with E-state index in [1.54, 1.807) is 6.07 Å². The molecule has 0 N–H and O–H groups in total. The van der Waals surface area contributed by atoms with Crippen LogP contribution in [0, 0.1) is 0 Å². The molecule has 0 aliphatic rings. The Balaban J connectivity index is 3.15. The molecule has 1 aromatic carbocycles. The largest absolute Gasteiger partial charge is 0.490 e. The van der Waals surface area contributed by atoms with Gasteiger partial charge in [-0.3, -0.25) is 4.79 Å². The number of carbonyl (C=O) groups excluding carboxylic acids is 1. The van der Waals surface area contributed by atoms with Gasteiger partial charge in [-0.2, -0.15) is 0 Å². The highest BCUT2D eigenvalue weighted by Gasteiger charge is 2.15. The minimum absolute atomic E-state index is 0.0741. The first kappa shape index (κ1) is 12.6. The van der Waals surface area contributed by atoms with Crippen molar-refractivity contribution < 1.29 is 14.3 Å². The molecule has 0 atom stereocenters. The van der Waals surface area contributed by atoms with Crippen LogP contribution in [0.15, 0.2) is 18.2 Å². The maximum atomic E-state index is 11.7. The summed E-state index contributed by atoms with van der Waals surface area (Å²) in [5, 5.41) is 0. The van der Waals surface area contributed by atoms with Crippen LogP contribution in [-0.4, -0.2) is 19.0 Å². The van der Waals surface area contributed by atoms with E-state index in [2.05, 4.69) is 0 Å². The lowest BCUT2D eigenvalue weighted by Gasteiger charge is -2.13. The van der Waals surface area contributed by atoms with E-state index in [1.165, 1.54) is 0 Å². The molecule has 0 radical (unpaired) electrons. The summed E-state index contributed by atoms with van der Waals surface area (Å²) in [6, 6.07) is 5.41. The van der Waals surface area contributed by atoms with Crippen molar-refractivity contribution in [2.24, 2.45) is 0 Å². The molecule has 3 nitrogen and oxygen atoms in total. The molecule has 0 saturated heterocycles. The molecule has 0 aliphatic carbocycles. The molecule has 0 heterocycles. The van der Waals surface area contributed by atoms with Gasteiger partial charge in [-0.05, 0) is 26.0 Å². The fraction of sp³-hybridized carbons (Fsp3) is 0.462. The van der Waals surface area contributed by atoms with E-state index in [0.717, 1.165) is 0 Å². The molecule has 16 heavy (non-hydrogen) atoms. The van der Waals surface area contributed by atoms with Gasteiger partial charge in [0, 0.05) is 6.42 Å². The summed E-state index contributed by atoms with van der Waals surface area (Å²) in [5.74, 6) is 1.28. The zero-order valence-corrected chi connectivity index (χ0v) is 10.1. The Morgan fingerprint density at radius 1 is 1.12 bits per heavy atom. The third-order valence-electron chi connectivity index (χ3n) is 2.19. The summed E-state index contributed by atoms with van der Waals surface area (Å²) in [6.45, 7) is 6.72. The molecule has 1 rings (SSSR count). The number of rotatable bonds is 6. The van der Waals surface area contributed by atoms with Gasteiger partial charge >= 0.3 is 0 Å². The highest BCUT2D eigenvalue weighted by molar-refractivity contribution is 5.99. The van der Waals surface area contributed by atoms with Gasteiger partial charge in [-0.15, -0.1) is 0 Å². The van der Waals surface area contributed by atoms with Crippen LogP contribution in [0.2, 0.25) is 0 Å². The first-order chi connectivity index (χ1) is 7.74. The lowest BCUT2D eigenvalue weighted by Crippen LogP contribution is -2.05. The molecular formula is C13H18O3. The van der Waals surface area contributed by atoms with Crippen LogP contribution in [0.3, 0.4) is 0 Å². The van der Waals surface area contributed by atoms with Crippen LogP contribution in [0.1, 0.15) is 37.6 Å². The van der Waals surface area contributed by atoms with Gasteiger partial charge in [0.2, 0.25) is 0 Å². The number of Topliss-reactive ketones (excluding diaryl/α,β-unsaturated/α-hetero) is 1. The van der Waals surface area contributed by atoms with E-state index in [-0.39, 0.29) is 5.78 Å². The van der Waals surface area contributed by atoms with Crippen molar-refractivity contribution in [3.05, 3.63) is 23.8 Å². The topological polar surface area (TPSA) is 35.5 Å². The number of carbonyl (C=O) groups is 1. The van der Waals surface area contributed by atoms with Crippen LogP contribution in [0.25, 0.3) is 0 Å². The molecule has 1 aromatic rings. The quantitative estimate of drug-likeness (QED) is 0.694. The summed E-state index contributed by atoms with van der Waals surface area (Å²) in [5.41, 5.74) is 0.607. The predicted octanol–water partition coefficient (Wildman–Crippen LogP) is 3.08. The van der Waals surface area contributed by atoms with Gasteiger partial charge < -0.3 is 9.47 Å². The highest BCUT2D eigenvalue weighted by atomic mass is 16.5. The van der Waals surface area contributed by atoms with Crippen LogP contribution in [-0.2, 0) is 0 Å². The molecule has 0 aliphatic heterocycles. The number of hydrogen-bond acceptors (Lipinski definition) is 3. The summed E-state index contributed by atoms with van der Waals surface area (Å²) in [7, 11) is 0. The first-order valence-corrected chi connectivity index (χ1v) is 5.66. The van der Waals surface area contributed by atoms with E-state index in [9.17, 15) is 4.79 Å². The van der Waals surface area contributed by atoms with Crippen LogP contribution in [0.4, 0.5) is 0 Å². The summed E-state index contributed by atoms with van der Waals surface area (Å²) >= 11 is 0. The average Bonchev–Trinajstić information content (AvgIpc) is 2.31. The smallest absolute Gasteiger partial charge is 0.171 e. The van der Waals surface area contributed by atoms with Gasteiger partial charge in [-0.25, -0.2) is 0 Å². The van der Waals surface area contributed by atoms with E-state index in [1.807, 2.05) is 32.9 Å². The van der Waals surface area contributed by atoms with Crippen molar-refractivity contribution in [3.8, 4) is 11.5 Å². The number of hydrogen-bond donors (Lipinski definition) is 0. The fourth-order valence-corrected chi connectivity index (χ4v) is 1.49. The second-order valence-corrected chi connectivity index (χ2v) is 3.28. The van der Waals surface area contributed by atoms with Gasteiger partial charge in [0.05, 0.1) is 18.8 Å². The minimum atomic E-state index is 0.0741. The zero-order chi connectivity index (χ0) is 12.0. The van der Waals surface area contributed by atoms with Gasteiger partial charge in [0.1, 0.15) is 0 Å². The van der Waals surface area contributed by atoms with Crippen molar-refractivity contribution in [2.45, 2.75) is 27.2 Å². The van der Waals surface area contributed by atoms with Gasteiger partial charge in [0.25, 0.3) is 0 Å². The number of benzene rings is 1. The van der Waals surface area contributed by atoms with E-state index < -0.39 is 0 Å². The second kappa shape index (κ2) is 6.16. The first-order valence-electron chi connectivity index (χ1n) is 5.66. The van der Waals surface area contributed by atoms with E-state index in [0.29, 0.717) is 36.7 Å². The standard InChI is InChI=1S/C13H18O3/c1-4-11(14)10-8-7-9-12(15-5-2)13(10)16-6-3/h7-9H,4-6H2,1-3H3. The molecule has 0 saturated carbocycles. The maximum Gasteiger partial charge on any atom is 0.171 e. The number of ketones is 1. The minimum Gasteiger partial charge on any atom is -0.490 e. The van der Waals surface area contributed by atoms with Gasteiger partial charge in [-0.1, -0.05) is 13.0 Å². The summed E-state index contributed by atoms with van der Waals surface area (Å²) in [4.78, 5) is 11.7. The Morgan fingerprint density at radius 3 is 2.38 bits per heavy atom. The van der Waals surface area contributed by atoms with E-state index in [4.69, 9.17) is 9.47 Å². The predicted molar refractivity (Wildman–Crippen MR) is 63.4 cm³/mol. The second-order valence-electron chi connectivity index (χ2n) is 3.28. The lowest BCUT2D eigenvalue weighted by atomic mass is 10.1. The van der Waals surface area contributed by atoms with E-state index >= 15 is 0 Å². The Labute approximate surface area is 96.4 Å². The SMILES string of the molecule is CCOc1cccc(C(=O)CC)c1OCC. The maximum absolute atomic E-state index is 11.7. The zero-order valence-electron chi connectivity index (χ0n) is 10.1. The lowest BCUT2D eigenvalue weighted by molar-refractivity contribution is 0.0983. The van der Waals surface area contributed by atoms with Gasteiger partial charge in [0.15, 0.2) is 17.3 Å².